The van der Waals surface area contributed by atoms with Crippen LogP contribution in [0.3, 0.4) is 0 Å². The maximum absolute atomic E-state index is 14.3. The molecule has 1 unspecified atom stereocenters. The maximum Gasteiger partial charge on any atom is 0.264 e. The molecule has 10 heteroatoms. The third-order valence-electron chi connectivity index (χ3n) is 6.59. The largest absolute Gasteiger partial charge is 0.355 e. The number of benzene rings is 4. The fraction of sp³-hybridized carbons (Fsp3) is 0.188. The highest BCUT2D eigenvalue weighted by Gasteiger charge is 2.34. The number of carbonyl (C=O) groups is 2. The highest BCUT2D eigenvalue weighted by Crippen LogP contribution is 2.26. The molecular formula is C32H31BrIN3O4S. The molecule has 0 aromatic heterocycles. The minimum Gasteiger partial charge on any atom is -0.355 e. The van der Waals surface area contributed by atoms with Gasteiger partial charge >= 0.3 is 0 Å². The molecule has 0 saturated carbocycles. The summed E-state index contributed by atoms with van der Waals surface area (Å²) in [6, 6.07) is 31.1. The van der Waals surface area contributed by atoms with Crippen molar-refractivity contribution >= 4 is 66.0 Å². The lowest BCUT2D eigenvalue weighted by Crippen LogP contribution is -2.53. The van der Waals surface area contributed by atoms with Crippen molar-refractivity contribution in [1.29, 1.82) is 0 Å². The zero-order valence-electron chi connectivity index (χ0n) is 23.0. The summed E-state index contributed by atoms with van der Waals surface area (Å²) in [4.78, 5) is 29.4. The molecule has 7 nitrogen and oxygen atoms in total. The summed E-state index contributed by atoms with van der Waals surface area (Å²) in [5.74, 6) is -0.809. The second kappa shape index (κ2) is 14.8. The monoisotopic (exact) mass is 759 g/mol. The molecule has 4 aromatic rings. The Morgan fingerprint density at radius 1 is 0.857 bits per heavy atom. The van der Waals surface area contributed by atoms with Crippen molar-refractivity contribution < 1.29 is 18.0 Å². The standard InChI is InChI=1S/C32H31BrIN3O4S/c1-2-35-32(39)30(21-24-10-5-3-6-11-24)36(22-25-12-9-13-26(33)20-25)31(38)23-37(28-18-16-27(34)17-19-28)42(40,41)29-14-7-4-8-15-29/h3-20,30H,2,21-23H2,1H3,(H,35,39). The molecule has 42 heavy (non-hydrogen) atoms. The first-order valence-electron chi connectivity index (χ1n) is 13.4. The Balaban J connectivity index is 1.78. The predicted octanol–water partition coefficient (Wildman–Crippen LogP) is 6.03. The number of nitrogens with one attached hydrogen (secondary N) is 1. The summed E-state index contributed by atoms with van der Waals surface area (Å²) in [5.41, 5.74) is 2.03. The van der Waals surface area contributed by atoms with Gasteiger partial charge in [0.25, 0.3) is 10.0 Å². The Morgan fingerprint density at radius 3 is 2.10 bits per heavy atom. The first-order valence-corrected chi connectivity index (χ1v) is 16.7. The van der Waals surface area contributed by atoms with Crippen molar-refractivity contribution in [3.63, 3.8) is 0 Å². The molecule has 0 aliphatic carbocycles. The van der Waals surface area contributed by atoms with E-state index in [1.807, 2.05) is 61.5 Å². The van der Waals surface area contributed by atoms with Crippen LogP contribution in [-0.4, -0.2) is 44.3 Å². The molecule has 4 rings (SSSR count). The van der Waals surface area contributed by atoms with Crippen LogP contribution in [0.5, 0.6) is 0 Å². The van der Waals surface area contributed by atoms with E-state index in [9.17, 15) is 18.0 Å². The van der Waals surface area contributed by atoms with E-state index in [1.165, 1.54) is 17.0 Å². The number of sulfonamides is 1. The molecule has 1 atom stereocenters. The van der Waals surface area contributed by atoms with Gasteiger partial charge in [0.15, 0.2) is 0 Å². The van der Waals surface area contributed by atoms with Gasteiger partial charge < -0.3 is 10.2 Å². The van der Waals surface area contributed by atoms with E-state index in [0.717, 1.165) is 23.5 Å². The molecule has 1 N–H and O–H groups in total. The van der Waals surface area contributed by atoms with Gasteiger partial charge in [0.05, 0.1) is 10.6 Å². The second-order valence-corrected chi connectivity index (χ2v) is 13.6. The van der Waals surface area contributed by atoms with E-state index >= 15 is 0 Å². The first-order chi connectivity index (χ1) is 20.2. The van der Waals surface area contributed by atoms with Crippen LogP contribution in [-0.2, 0) is 32.6 Å². The number of carbonyl (C=O) groups excluding carboxylic acids is 2. The molecule has 0 radical (unpaired) electrons. The quantitative estimate of drug-likeness (QED) is 0.179. The predicted molar refractivity (Wildman–Crippen MR) is 177 cm³/mol. The minimum absolute atomic E-state index is 0.0689. The highest BCUT2D eigenvalue weighted by atomic mass is 127. The summed E-state index contributed by atoms with van der Waals surface area (Å²) in [6.07, 6.45) is 0.265. The van der Waals surface area contributed by atoms with Crippen molar-refractivity contribution in [3.8, 4) is 0 Å². The Morgan fingerprint density at radius 2 is 1.48 bits per heavy atom. The normalized spacial score (nSPS) is 11.9. The lowest BCUT2D eigenvalue weighted by Gasteiger charge is -2.34. The summed E-state index contributed by atoms with van der Waals surface area (Å²) in [6.45, 7) is 1.83. The Bertz CT molecular complexity index is 1600. The SMILES string of the molecule is CCNC(=O)C(Cc1ccccc1)N(Cc1cccc(Br)c1)C(=O)CN(c1ccc(I)cc1)S(=O)(=O)c1ccccc1. The first kappa shape index (κ1) is 31.7. The zero-order chi connectivity index (χ0) is 30.1. The smallest absolute Gasteiger partial charge is 0.264 e. The van der Waals surface area contributed by atoms with E-state index in [4.69, 9.17) is 0 Å². The van der Waals surface area contributed by atoms with Crippen LogP contribution in [0.2, 0.25) is 0 Å². The van der Waals surface area contributed by atoms with E-state index in [-0.39, 0.29) is 23.8 Å². The van der Waals surface area contributed by atoms with Crippen LogP contribution in [0.25, 0.3) is 0 Å². The second-order valence-electron chi connectivity index (χ2n) is 9.55. The molecule has 4 aromatic carbocycles. The third-order valence-corrected chi connectivity index (χ3v) is 9.59. The summed E-state index contributed by atoms with van der Waals surface area (Å²) < 4.78 is 30.8. The van der Waals surface area contributed by atoms with Gasteiger partial charge in [0, 0.05) is 27.6 Å². The molecule has 2 amide bonds. The van der Waals surface area contributed by atoms with Gasteiger partial charge in [0.1, 0.15) is 12.6 Å². The Labute approximate surface area is 269 Å². The molecule has 0 aliphatic rings. The number of amides is 2. The number of nitrogens with zero attached hydrogens (tertiary/aromatic N) is 2. The Hall–Kier alpha value is -3.22. The molecule has 0 saturated heterocycles. The topological polar surface area (TPSA) is 86.8 Å². The summed E-state index contributed by atoms with van der Waals surface area (Å²) in [5, 5.41) is 2.87. The fourth-order valence-corrected chi connectivity index (χ4v) is 6.78. The van der Waals surface area contributed by atoms with Crippen LogP contribution >= 0.6 is 38.5 Å². The van der Waals surface area contributed by atoms with Gasteiger partial charge in [-0.15, -0.1) is 0 Å². The lowest BCUT2D eigenvalue weighted by molar-refractivity contribution is -0.140. The molecule has 218 valence electrons. The molecule has 0 heterocycles. The van der Waals surface area contributed by atoms with E-state index in [0.29, 0.717) is 12.2 Å². The average Bonchev–Trinajstić information content (AvgIpc) is 2.99. The molecule has 0 aliphatic heterocycles. The number of halogens is 2. The van der Waals surface area contributed by atoms with E-state index < -0.39 is 28.5 Å². The summed E-state index contributed by atoms with van der Waals surface area (Å²) >= 11 is 5.64. The lowest BCUT2D eigenvalue weighted by atomic mass is 10.0. The molecule has 0 fully saturated rings. The van der Waals surface area contributed by atoms with Crippen LogP contribution in [0.1, 0.15) is 18.1 Å². The Kier molecular flexibility index (Phi) is 11.2. The van der Waals surface area contributed by atoms with Crippen molar-refractivity contribution in [3.05, 3.63) is 128 Å². The van der Waals surface area contributed by atoms with Gasteiger partial charge in [-0.25, -0.2) is 8.42 Å². The molecule has 0 bridgehead atoms. The minimum atomic E-state index is -4.11. The van der Waals surface area contributed by atoms with Crippen LogP contribution in [0, 0.1) is 3.57 Å². The highest BCUT2D eigenvalue weighted by molar-refractivity contribution is 14.1. The maximum atomic E-state index is 14.3. The number of hydrogen-bond acceptors (Lipinski definition) is 4. The van der Waals surface area contributed by atoms with Crippen LogP contribution < -0.4 is 9.62 Å². The van der Waals surface area contributed by atoms with Gasteiger partial charge in [-0.1, -0.05) is 76.6 Å². The zero-order valence-corrected chi connectivity index (χ0v) is 27.5. The van der Waals surface area contributed by atoms with E-state index in [1.54, 1.807) is 42.5 Å². The number of likely N-dealkylation sites (N-methyl/N-ethyl adjacent to an activating group) is 1. The van der Waals surface area contributed by atoms with Crippen LogP contribution in [0.15, 0.2) is 119 Å². The molecule has 0 spiro atoms. The van der Waals surface area contributed by atoms with Crippen molar-refractivity contribution in [2.24, 2.45) is 0 Å². The average molecular weight is 760 g/mol. The third kappa shape index (κ3) is 8.20. The van der Waals surface area contributed by atoms with Gasteiger partial charge in [-0.3, -0.25) is 13.9 Å². The van der Waals surface area contributed by atoms with Crippen molar-refractivity contribution in [1.82, 2.24) is 10.2 Å². The number of hydrogen-bond donors (Lipinski definition) is 1. The van der Waals surface area contributed by atoms with E-state index in [2.05, 4.69) is 43.8 Å². The van der Waals surface area contributed by atoms with Gasteiger partial charge in [0.2, 0.25) is 11.8 Å². The van der Waals surface area contributed by atoms with Crippen molar-refractivity contribution in [2.75, 3.05) is 17.4 Å². The van der Waals surface area contributed by atoms with Gasteiger partial charge in [-0.2, -0.15) is 0 Å². The molecular weight excluding hydrogens is 729 g/mol. The fourth-order valence-electron chi connectivity index (χ4n) is 4.53. The number of rotatable bonds is 12. The van der Waals surface area contributed by atoms with Crippen molar-refractivity contribution in [2.45, 2.75) is 30.8 Å². The van der Waals surface area contributed by atoms with Crippen LogP contribution in [0.4, 0.5) is 5.69 Å². The van der Waals surface area contributed by atoms with Gasteiger partial charge in [-0.05, 0) is 89.2 Å². The summed E-state index contributed by atoms with van der Waals surface area (Å²) in [7, 11) is -4.11. The number of anilines is 1.